The second kappa shape index (κ2) is 6.60. The van der Waals surface area contributed by atoms with Crippen LogP contribution in [0.1, 0.15) is 18.5 Å². The summed E-state index contributed by atoms with van der Waals surface area (Å²) in [5.74, 6) is 0.631. The number of aromatic nitrogens is 1. The second-order valence-corrected chi connectivity index (χ2v) is 5.99. The standard InChI is InChI=1S/C16H20ClN3O/c1-20(15-5-7-18-8-6-15)10-14-11-21-16(19-14)12-3-2-4-13(17)9-12/h2-4,9,11,15,18H,5-8,10H2,1H3. The van der Waals surface area contributed by atoms with Crippen molar-refractivity contribution in [2.24, 2.45) is 0 Å². The highest BCUT2D eigenvalue weighted by Crippen LogP contribution is 2.23. The number of nitrogens with one attached hydrogen (secondary N) is 1. The Morgan fingerprint density at radius 2 is 2.19 bits per heavy atom. The molecule has 0 aliphatic carbocycles. The molecule has 0 amide bonds. The minimum atomic E-state index is 0.623. The van der Waals surface area contributed by atoms with Crippen LogP contribution in [-0.4, -0.2) is 36.1 Å². The maximum atomic E-state index is 6.00. The summed E-state index contributed by atoms with van der Waals surface area (Å²) in [6.45, 7) is 3.01. The normalized spacial score (nSPS) is 16.5. The molecular weight excluding hydrogens is 286 g/mol. The van der Waals surface area contributed by atoms with E-state index in [0.717, 1.165) is 30.9 Å². The number of benzene rings is 1. The van der Waals surface area contributed by atoms with Crippen LogP contribution in [0.2, 0.25) is 5.02 Å². The van der Waals surface area contributed by atoms with Crippen LogP contribution in [-0.2, 0) is 6.54 Å². The molecule has 2 heterocycles. The Morgan fingerprint density at radius 1 is 1.38 bits per heavy atom. The lowest BCUT2D eigenvalue weighted by Gasteiger charge is -2.30. The molecule has 3 rings (SSSR count). The Bertz CT molecular complexity index is 593. The van der Waals surface area contributed by atoms with Crippen LogP contribution in [0.15, 0.2) is 34.9 Å². The third kappa shape index (κ3) is 3.64. The van der Waals surface area contributed by atoms with Crippen LogP contribution in [0.25, 0.3) is 11.5 Å². The molecule has 0 radical (unpaired) electrons. The Labute approximate surface area is 130 Å². The van der Waals surface area contributed by atoms with Gasteiger partial charge < -0.3 is 9.73 Å². The van der Waals surface area contributed by atoms with Crippen molar-refractivity contribution in [3.05, 3.63) is 41.2 Å². The maximum Gasteiger partial charge on any atom is 0.226 e. The molecule has 112 valence electrons. The molecule has 1 N–H and O–H groups in total. The SMILES string of the molecule is CN(Cc1coc(-c2cccc(Cl)c2)n1)C1CCNCC1. The average Bonchev–Trinajstić information content (AvgIpc) is 2.97. The summed E-state index contributed by atoms with van der Waals surface area (Å²) in [6.07, 6.45) is 4.12. The van der Waals surface area contributed by atoms with Crippen molar-refractivity contribution in [2.45, 2.75) is 25.4 Å². The van der Waals surface area contributed by atoms with Crippen molar-refractivity contribution < 1.29 is 4.42 Å². The van der Waals surface area contributed by atoms with Gasteiger partial charge in [-0.05, 0) is 51.2 Å². The molecule has 5 heteroatoms. The molecule has 0 unspecified atom stereocenters. The van der Waals surface area contributed by atoms with Crippen LogP contribution < -0.4 is 5.32 Å². The summed E-state index contributed by atoms with van der Waals surface area (Å²) in [7, 11) is 2.16. The zero-order chi connectivity index (χ0) is 14.7. The number of nitrogens with zero attached hydrogens (tertiary/aromatic N) is 2. The van der Waals surface area contributed by atoms with Gasteiger partial charge in [-0.3, -0.25) is 4.90 Å². The summed E-state index contributed by atoms with van der Waals surface area (Å²) < 4.78 is 5.59. The number of rotatable bonds is 4. The predicted octanol–water partition coefficient (Wildman–Crippen LogP) is 3.18. The number of oxazole rings is 1. The number of halogens is 1. The van der Waals surface area contributed by atoms with Gasteiger partial charge in [0.25, 0.3) is 0 Å². The van der Waals surface area contributed by atoms with Gasteiger partial charge in [0.15, 0.2) is 0 Å². The minimum Gasteiger partial charge on any atom is -0.444 e. The van der Waals surface area contributed by atoms with Gasteiger partial charge in [0.05, 0.1) is 5.69 Å². The Morgan fingerprint density at radius 3 is 2.95 bits per heavy atom. The van der Waals surface area contributed by atoms with E-state index in [1.807, 2.05) is 24.3 Å². The van der Waals surface area contributed by atoms with E-state index in [-0.39, 0.29) is 0 Å². The van der Waals surface area contributed by atoms with E-state index in [9.17, 15) is 0 Å². The molecule has 21 heavy (non-hydrogen) atoms. The summed E-state index contributed by atoms with van der Waals surface area (Å²) in [4.78, 5) is 6.94. The number of hydrogen-bond acceptors (Lipinski definition) is 4. The summed E-state index contributed by atoms with van der Waals surface area (Å²) >= 11 is 6.00. The van der Waals surface area contributed by atoms with Crippen LogP contribution >= 0.6 is 11.6 Å². The molecule has 1 aliphatic rings. The average molecular weight is 306 g/mol. The predicted molar refractivity (Wildman–Crippen MR) is 84.3 cm³/mol. The van der Waals surface area contributed by atoms with E-state index in [4.69, 9.17) is 16.0 Å². The molecule has 1 aromatic carbocycles. The Kier molecular flexibility index (Phi) is 4.58. The highest BCUT2D eigenvalue weighted by Gasteiger charge is 2.19. The first-order valence-electron chi connectivity index (χ1n) is 7.33. The lowest BCUT2D eigenvalue weighted by atomic mass is 10.1. The molecule has 1 fully saturated rings. The molecule has 4 nitrogen and oxygen atoms in total. The molecule has 1 aromatic heterocycles. The zero-order valence-electron chi connectivity index (χ0n) is 12.2. The summed E-state index contributed by atoms with van der Waals surface area (Å²) in [6, 6.07) is 8.20. The van der Waals surface area contributed by atoms with Crippen LogP contribution in [0.4, 0.5) is 0 Å². The molecular formula is C16H20ClN3O. The van der Waals surface area contributed by atoms with Crippen molar-refractivity contribution in [1.29, 1.82) is 0 Å². The highest BCUT2D eigenvalue weighted by molar-refractivity contribution is 6.30. The fraction of sp³-hybridized carbons (Fsp3) is 0.438. The van der Waals surface area contributed by atoms with Gasteiger partial charge in [-0.1, -0.05) is 17.7 Å². The van der Waals surface area contributed by atoms with E-state index >= 15 is 0 Å². The summed E-state index contributed by atoms with van der Waals surface area (Å²) in [5.41, 5.74) is 1.88. The van der Waals surface area contributed by atoms with Crippen molar-refractivity contribution in [1.82, 2.24) is 15.2 Å². The first-order chi connectivity index (χ1) is 10.2. The highest BCUT2D eigenvalue weighted by atomic mass is 35.5. The smallest absolute Gasteiger partial charge is 0.226 e. The molecule has 1 saturated heterocycles. The quantitative estimate of drug-likeness (QED) is 0.942. The third-order valence-electron chi connectivity index (χ3n) is 3.97. The van der Waals surface area contributed by atoms with Gasteiger partial charge in [0.1, 0.15) is 6.26 Å². The molecule has 2 aromatic rings. The largest absolute Gasteiger partial charge is 0.444 e. The van der Waals surface area contributed by atoms with Gasteiger partial charge in [-0.2, -0.15) is 0 Å². The number of piperidine rings is 1. The fourth-order valence-electron chi connectivity index (χ4n) is 2.77. The lowest BCUT2D eigenvalue weighted by molar-refractivity contribution is 0.190. The Balaban J connectivity index is 1.67. The molecule has 0 atom stereocenters. The van der Waals surface area contributed by atoms with Crippen LogP contribution in [0.5, 0.6) is 0 Å². The fourth-order valence-corrected chi connectivity index (χ4v) is 2.96. The maximum absolute atomic E-state index is 6.00. The third-order valence-corrected chi connectivity index (χ3v) is 4.20. The zero-order valence-corrected chi connectivity index (χ0v) is 12.9. The monoisotopic (exact) mass is 305 g/mol. The molecule has 0 saturated carbocycles. The van der Waals surface area contributed by atoms with Gasteiger partial charge >= 0.3 is 0 Å². The molecule has 0 bridgehead atoms. The Hall–Kier alpha value is -1.36. The second-order valence-electron chi connectivity index (χ2n) is 5.55. The van der Waals surface area contributed by atoms with E-state index in [0.29, 0.717) is 17.0 Å². The first kappa shape index (κ1) is 14.6. The van der Waals surface area contributed by atoms with Gasteiger partial charge in [0, 0.05) is 23.2 Å². The molecule has 0 spiro atoms. The van der Waals surface area contributed by atoms with Crippen molar-refractivity contribution in [3.63, 3.8) is 0 Å². The van der Waals surface area contributed by atoms with E-state index < -0.39 is 0 Å². The van der Waals surface area contributed by atoms with Crippen LogP contribution in [0.3, 0.4) is 0 Å². The van der Waals surface area contributed by atoms with E-state index in [1.165, 1.54) is 12.8 Å². The van der Waals surface area contributed by atoms with Gasteiger partial charge in [-0.25, -0.2) is 4.98 Å². The number of hydrogen-bond donors (Lipinski definition) is 1. The van der Waals surface area contributed by atoms with Crippen molar-refractivity contribution in [2.75, 3.05) is 20.1 Å². The lowest BCUT2D eigenvalue weighted by Crippen LogP contribution is -2.40. The van der Waals surface area contributed by atoms with E-state index in [2.05, 4.69) is 22.2 Å². The molecule has 1 aliphatic heterocycles. The first-order valence-corrected chi connectivity index (χ1v) is 7.71. The summed E-state index contributed by atoms with van der Waals surface area (Å²) in [5, 5.41) is 4.08. The van der Waals surface area contributed by atoms with Gasteiger partial charge in [-0.15, -0.1) is 0 Å². The van der Waals surface area contributed by atoms with E-state index in [1.54, 1.807) is 6.26 Å². The van der Waals surface area contributed by atoms with Crippen molar-refractivity contribution in [3.8, 4) is 11.5 Å². The van der Waals surface area contributed by atoms with Crippen molar-refractivity contribution >= 4 is 11.6 Å². The minimum absolute atomic E-state index is 0.623. The topological polar surface area (TPSA) is 41.3 Å². The van der Waals surface area contributed by atoms with Crippen LogP contribution in [0, 0.1) is 0 Å². The van der Waals surface area contributed by atoms with Gasteiger partial charge in [0.2, 0.25) is 5.89 Å².